The summed E-state index contributed by atoms with van der Waals surface area (Å²) in [4.78, 5) is 49.6. The molecular formula is C22H19IN2O7. The monoisotopic (exact) mass is 550 g/mol. The zero-order chi connectivity index (χ0) is 23.4. The average molecular weight is 550 g/mol. The molecule has 0 unspecified atom stereocenters. The van der Waals surface area contributed by atoms with E-state index >= 15 is 0 Å². The molecule has 0 aliphatic carbocycles. The van der Waals surface area contributed by atoms with E-state index in [0.29, 0.717) is 30.3 Å². The number of imide groups is 2. The Hall–Kier alpha value is -3.41. The van der Waals surface area contributed by atoms with Gasteiger partial charge in [-0.05, 0) is 84.5 Å². The van der Waals surface area contributed by atoms with Gasteiger partial charge in [-0.1, -0.05) is 0 Å². The fourth-order valence-corrected chi connectivity index (χ4v) is 3.81. The lowest BCUT2D eigenvalue weighted by Gasteiger charge is -2.26. The molecule has 0 radical (unpaired) electrons. The minimum absolute atomic E-state index is 0.00197. The normalized spacial score (nSPS) is 15.0. The molecule has 0 spiro atoms. The zero-order valence-electron chi connectivity index (χ0n) is 17.2. The van der Waals surface area contributed by atoms with Gasteiger partial charge in [0.25, 0.3) is 11.8 Å². The molecule has 1 heterocycles. The van der Waals surface area contributed by atoms with Crippen molar-refractivity contribution in [3.63, 3.8) is 0 Å². The van der Waals surface area contributed by atoms with Crippen LogP contribution in [0.15, 0.2) is 42.0 Å². The van der Waals surface area contributed by atoms with E-state index in [1.54, 1.807) is 12.1 Å². The van der Waals surface area contributed by atoms with E-state index in [2.05, 4.69) is 27.9 Å². The number of carboxylic acid groups (broad SMARTS) is 1. The Balaban J connectivity index is 2.01. The lowest BCUT2D eigenvalue weighted by atomic mass is 10.1. The summed E-state index contributed by atoms with van der Waals surface area (Å²) in [6.07, 6.45) is 1.36. The molecule has 4 amide bonds. The number of carbonyl (C=O) groups is 4. The number of ether oxygens (including phenoxy) is 2. The van der Waals surface area contributed by atoms with Crippen LogP contribution in [0.4, 0.5) is 10.5 Å². The van der Waals surface area contributed by atoms with Crippen LogP contribution in [-0.4, -0.2) is 42.1 Å². The standard InChI is InChI=1S/C22H19IN2O7/c1-3-31-17-11-12(10-16(23)18(17)32-4-2)9-15-19(26)24-22(30)25(20(15)27)14-7-5-13(6-8-14)21(28)29/h5-11H,3-4H2,1-2H3,(H,28,29)(H,24,26,30)/b15-9+. The van der Waals surface area contributed by atoms with Crippen LogP contribution in [0.25, 0.3) is 6.08 Å². The summed E-state index contributed by atoms with van der Waals surface area (Å²) in [7, 11) is 0. The third-order valence-electron chi connectivity index (χ3n) is 4.41. The topological polar surface area (TPSA) is 122 Å². The molecule has 0 aromatic heterocycles. The van der Waals surface area contributed by atoms with E-state index in [-0.39, 0.29) is 16.8 Å². The minimum atomic E-state index is -1.14. The maximum absolute atomic E-state index is 13.0. The second-order valence-electron chi connectivity index (χ2n) is 6.51. The van der Waals surface area contributed by atoms with Gasteiger partial charge in [0.2, 0.25) is 0 Å². The van der Waals surface area contributed by atoms with Gasteiger partial charge >= 0.3 is 12.0 Å². The largest absolute Gasteiger partial charge is 0.490 e. The number of carboxylic acids is 1. The number of amides is 4. The van der Waals surface area contributed by atoms with Crippen molar-refractivity contribution in [3.05, 3.63) is 56.7 Å². The number of hydrogen-bond donors (Lipinski definition) is 2. The first-order valence-electron chi connectivity index (χ1n) is 9.60. The Morgan fingerprint density at radius 2 is 1.75 bits per heavy atom. The summed E-state index contributed by atoms with van der Waals surface area (Å²) in [5, 5.41) is 11.2. The Morgan fingerprint density at radius 3 is 2.34 bits per heavy atom. The predicted octanol–water partition coefficient (Wildman–Crippen LogP) is 3.45. The van der Waals surface area contributed by atoms with Crippen molar-refractivity contribution < 1.29 is 33.8 Å². The van der Waals surface area contributed by atoms with Gasteiger partial charge in [0.15, 0.2) is 11.5 Å². The van der Waals surface area contributed by atoms with Crippen molar-refractivity contribution in [1.29, 1.82) is 0 Å². The number of barbiturate groups is 1. The van der Waals surface area contributed by atoms with Gasteiger partial charge in [-0.15, -0.1) is 0 Å². The molecule has 0 bridgehead atoms. The predicted molar refractivity (Wildman–Crippen MR) is 124 cm³/mol. The van der Waals surface area contributed by atoms with Gasteiger partial charge in [-0.3, -0.25) is 14.9 Å². The zero-order valence-corrected chi connectivity index (χ0v) is 19.3. The molecule has 9 nitrogen and oxygen atoms in total. The van der Waals surface area contributed by atoms with Crippen LogP contribution < -0.4 is 19.7 Å². The summed E-state index contributed by atoms with van der Waals surface area (Å²) in [6, 6.07) is 7.62. The molecule has 1 fully saturated rings. The molecule has 0 atom stereocenters. The number of rotatable bonds is 7. The van der Waals surface area contributed by atoms with E-state index < -0.39 is 23.8 Å². The average Bonchev–Trinajstić information content (AvgIpc) is 2.74. The second-order valence-corrected chi connectivity index (χ2v) is 7.67. The lowest BCUT2D eigenvalue weighted by molar-refractivity contribution is -0.122. The number of aromatic carboxylic acids is 1. The van der Waals surface area contributed by atoms with Crippen LogP contribution >= 0.6 is 22.6 Å². The highest BCUT2D eigenvalue weighted by Crippen LogP contribution is 2.35. The van der Waals surface area contributed by atoms with Crippen LogP contribution in [0.1, 0.15) is 29.8 Å². The van der Waals surface area contributed by atoms with Gasteiger partial charge < -0.3 is 14.6 Å². The fraction of sp³-hybridized carbons (Fsp3) is 0.182. The number of nitrogens with one attached hydrogen (secondary N) is 1. The Bertz CT molecular complexity index is 1130. The Kier molecular flexibility index (Phi) is 7.13. The summed E-state index contributed by atoms with van der Waals surface area (Å²) in [5.41, 5.74) is 0.384. The first-order chi connectivity index (χ1) is 15.3. The van der Waals surface area contributed by atoms with E-state index in [4.69, 9.17) is 14.6 Å². The van der Waals surface area contributed by atoms with Crippen molar-refractivity contribution in [1.82, 2.24) is 5.32 Å². The molecule has 1 saturated heterocycles. The Morgan fingerprint density at radius 1 is 1.09 bits per heavy atom. The molecule has 2 aromatic carbocycles. The van der Waals surface area contributed by atoms with Crippen LogP contribution in [0, 0.1) is 3.57 Å². The third kappa shape index (κ3) is 4.74. The van der Waals surface area contributed by atoms with Gasteiger partial charge in [0.05, 0.1) is 28.0 Å². The summed E-state index contributed by atoms with van der Waals surface area (Å²) in [5.74, 6) is -1.78. The van der Waals surface area contributed by atoms with Crippen molar-refractivity contribution in [2.45, 2.75) is 13.8 Å². The maximum atomic E-state index is 13.0. The molecule has 1 aliphatic heterocycles. The molecular weight excluding hydrogens is 531 g/mol. The van der Waals surface area contributed by atoms with Crippen LogP contribution in [-0.2, 0) is 9.59 Å². The fourth-order valence-electron chi connectivity index (χ4n) is 3.03. The lowest BCUT2D eigenvalue weighted by Crippen LogP contribution is -2.54. The van der Waals surface area contributed by atoms with Gasteiger partial charge in [0.1, 0.15) is 5.57 Å². The number of benzene rings is 2. The number of urea groups is 1. The highest BCUT2D eigenvalue weighted by atomic mass is 127. The second kappa shape index (κ2) is 9.81. The number of hydrogen-bond acceptors (Lipinski definition) is 6. The van der Waals surface area contributed by atoms with Gasteiger partial charge in [-0.25, -0.2) is 14.5 Å². The van der Waals surface area contributed by atoms with E-state index in [0.717, 1.165) is 8.47 Å². The molecule has 32 heavy (non-hydrogen) atoms. The number of halogens is 1. The highest BCUT2D eigenvalue weighted by Gasteiger charge is 2.37. The summed E-state index contributed by atoms with van der Waals surface area (Å²) in [6.45, 7) is 4.51. The molecule has 10 heteroatoms. The molecule has 0 saturated carbocycles. The molecule has 2 N–H and O–H groups in total. The van der Waals surface area contributed by atoms with Crippen molar-refractivity contribution >= 4 is 58.2 Å². The maximum Gasteiger partial charge on any atom is 0.335 e. The SMILES string of the molecule is CCOc1cc(/C=C2\C(=O)NC(=O)N(c3ccc(C(=O)O)cc3)C2=O)cc(I)c1OCC. The van der Waals surface area contributed by atoms with Crippen LogP contribution in [0.5, 0.6) is 11.5 Å². The van der Waals surface area contributed by atoms with E-state index in [9.17, 15) is 19.2 Å². The minimum Gasteiger partial charge on any atom is -0.490 e. The molecule has 2 aromatic rings. The highest BCUT2D eigenvalue weighted by molar-refractivity contribution is 14.1. The van der Waals surface area contributed by atoms with Crippen molar-refractivity contribution in [3.8, 4) is 11.5 Å². The number of carbonyl (C=O) groups excluding carboxylic acids is 3. The van der Waals surface area contributed by atoms with Crippen molar-refractivity contribution in [2.24, 2.45) is 0 Å². The Labute approximate surface area is 197 Å². The first-order valence-corrected chi connectivity index (χ1v) is 10.7. The van der Waals surface area contributed by atoms with Gasteiger partial charge in [0, 0.05) is 0 Å². The summed E-state index contributed by atoms with van der Waals surface area (Å²) >= 11 is 2.07. The van der Waals surface area contributed by atoms with Crippen molar-refractivity contribution in [2.75, 3.05) is 18.1 Å². The summed E-state index contributed by atoms with van der Waals surface area (Å²) < 4.78 is 12.0. The van der Waals surface area contributed by atoms with E-state index in [1.165, 1.54) is 30.3 Å². The molecule has 166 valence electrons. The van der Waals surface area contributed by atoms with E-state index in [1.807, 2.05) is 13.8 Å². The molecule has 3 rings (SSSR count). The third-order valence-corrected chi connectivity index (χ3v) is 5.21. The molecule has 1 aliphatic rings. The number of nitrogens with zero attached hydrogens (tertiary/aromatic N) is 1. The first kappa shape index (κ1) is 23.3. The van der Waals surface area contributed by atoms with Crippen LogP contribution in [0.2, 0.25) is 0 Å². The quantitative estimate of drug-likeness (QED) is 0.308. The van der Waals surface area contributed by atoms with Crippen LogP contribution in [0.3, 0.4) is 0 Å². The van der Waals surface area contributed by atoms with Gasteiger partial charge in [-0.2, -0.15) is 0 Å². The number of anilines is 1. The smallest absolute Gasteiger partial charge is 0.335 e.